The summed E-state index contributed by atoms with van der Waals surface area (Å²) in [4.78, 5) is 12.2. The zero-order valence-corrected chi connectivity index (χ0v) is 13.7. The fourth-order valence-corrected chi connectivity index (χ4v) is 2.57. The zero-order valence-electron chi connectivity index (χ0n) is 13.7. The van der Waals surface area contributed by atoms with E-state index in [1.165, 1.54) is 16.9 Å². The first kappa shape index (κ1) is 16.9. The van der Waals surface area contributed by atoms with Crippen LogP contribution in [0.1, 0.15) is 23.8 Å². The summed E-state index contributed by atoms with van der Waals surface area (Å²) in [6, 6.07) is 15.3. The molecule has 1 atom stereocenters. The van der Waals surface area contributed by atoms with Crippen molar-refractivity contribution < 1.29 is 14.3 Å². The van der Waals surface area contributed by atoms with Crippen molar-refractivity contribution in [1.82, 2.24) is 9.78 Å². The lowest BCUT2D eigenvalue weighted by Crippen LogP contribution is -2.16. The number of hydrogen-bond acceptors (Lipinski definition) is 3. The summed E-state index contributed by atoms with van der Waals surface area (Å²) in [6.07, 6.45) is 0.506. The molecular formula is C19H18FN3O2. The molecule has 3 aromatic rings. The molecule has 1 aromatic heterocycles. The highest BCUT2D eigenvalue weighted by molar-refractivity contribution is 5.91. The maximum atomic E-state index is 13.9. The number of amides is 1. The number of nitrogens with zero attached hydrogens (tertiary/aromatic N) is 2. The van der Waals surface area contributed by atoms with Crippen LogP contribution in [0.2, 0.25) is 0 Å². The topological polar surface area (TPSA) is 67.2 Å². The van der Waals surface area contributed by atoms with Crippen LogP contribution < -0.4 is 5.32 Å². The van der Waals surface area contributed by atoms with Crippen molar-refractivity contribution in [3.8, 4) is 5.69 Å². The number of para-hydroxylation sites is 1. The van der Waals surface area contributed by atoms with E-state index >= 15 is 0 Å². The molecule has 5 nitrogen and oxygen atoms in total. The Morgan fingerprint density at radius 3 is 2.60 bits per heavy atom. The fourth-order valence-electron chi connectivity index (χ4n) is 2.57. The van der Waals surface area contributed by atoms with Crippen molar-refractivity contribution in [2.24, 2.45) is 0 Å². The van der Waals surface area contributed by atoms with Crippen molar-refractivity contribution in [3.63, 3.8) is 0 Å². The highest BCUT2D eigenvalue weighted by Gasteiger charge is 2.16. The van der Waals surface area contributed by atoms with Gasteiger partial charge in [-0.05, 0) is 24.6 Å². The van der Waals surface area contributed by atoms with Gasteiger partial charge in [0.2, 0.25) is 5.91 Å². The smallest absolute Gasteiger partial charge is 0.227 e. The third-order valence-corrected chi connectivity index (χ3v) is 3.93. The number of aliphatic hydroxyl groups is 1. The molecule has 1 amide bonds. The molecule has 1 unspecified atom stereocenters. The molecule has 0 aliphatic carbocycles. The molecule has 1 heterocycles. The Morgan fingerprint density at radius 2 is 1.88 bits per heavy atom. The molecular weight excluding hydrogens is 321 g/mol. The van der Waals surface area contributed by atoms with Crippen molar-refractivity contribution in [2.45, 2.75) is 19.4 Å². The first-order valence-electron chi connectivity index (χ1n) is 7.88. The number of aliphatic hydroxyl groups excluding tert-OH is 1. The standard InChI is InChI=1S/C19H18FN3O2/c1-13-16(12-21-23(13)17-10-6-5-9-15(17)20)22-19(25)11-18(24)14-7-3-2-4-8-14/h2-10,12,18,24H,11H2,1H3,(H,22,25). The van der Waals surface area contributed by atoms with Gasteiger partial charge in [0.25, 0.3) is 0 Å². The maximum Gasteiger partial charge on any atom is 0.227 e. The first-order valence-corrected chi connectivity index (χ1v) is 7.88. The molecule has 0 aliphatic rings. The molecule has 2 N–H and O–H groups in total. The van der Waals surface area contributed by atoms with Gasteiger partial charge in [-0.1, -0.05) is 42.5 Å². The van der Waals surface area contributed by atoms with Crippen LogP contribution in [0.15, 0.2) is 60.8 Å². The molecule has 0 saturated heterocycles. The van der Waals surface area contributed by atoms with E-state index in [-0.39, 0.29) is 12.3 Å². The third kappa shape index (κ3) is 3.75. The van der Waals surface area contributed by atoms with E-state index in [2.05, 4.69) is 10.4 Å². The van der Waals surface area contributed by atoms with Crippen LogP contribution in [0.25, 0.3) is 5.69 Å². The highest BCUT2D eigenvalue weighted by atomic mass is 19.1. The maximum absolute atomic E-state index is 13.9. The molecule has 0 aliphatic heterocycles. The van der Waals surface area contributed by atoms with Crippen LogP contribution in [0, 0.1) is 12.7 Å². The number of aromatic nitrogens is 2. The lowest BCUT2D eigenvalue weighted by Gasteiger charge is -2.11. The third-order valence-electron chi connectivity index (χ3n) is 3.93. The van der Waals surface area contributed by atoms with E-state index in [1.54, 1.807) is 49.4 Å². The van der Waals surface area contributed by atoms with Crippen LogP contribution in [0.5, 0.6) is 0 Å². The van der Waals surface area contributed by atoms with Crippen LogP contribution in [0.4, 0.5) is 10.1 Å². The normalized spacial score (nSPS) is 12.0. The number of carbonyl (C=O) groups is 1. The number of hydrogen-bond donors (Lipinski definition) is 2. The Labute approximate surface area is 144 Å². The van der Waals surface area contributed by atoms with Gasteiger partial charge in [0.15, 0.2) is 0 Å². The largest absolute Gasteiger partial charge is 0.388 e. The second-order valence-corrected chi connectivity index (χ2v) is 5.69. The van der Waals surface area contributed by atoms with E-state index in [0.29, 0.717) is 22.6 Å². The predicted octanol–water partition coefficient (Wildman–Crippen LogP) is 3.38. The molecule has 0 saturated carbocycles. The molecule has 0 bridgehead atoms. The minimum atomic E-state index is -0.886. The Kier molecular flexibility index (Phi) is 4.90. The minimum absolute atomic E-state index is 0.0751. The summed E-state index contributed by atoms with van der Waals surface area (Å²) in [5.41, 5.74) is 2.07. The number of carbonyl (C=O) groups excluding carboxylic acids is 1. The van der Waals surface area contributed by atoms with Crippen molar-refractivity contribution >= 4 is 11.6 Å². The number of halogens is 1. The molecule has 2 aromatic carbocycles. The highest BCUT2D eigenvalue weighted by Crippen LogP contribution is 2.22. The van der Waals surface area contributed by atoms with Gasteiger partial charge >= 0.3 is 0 Å². The zero-order chi connectivity index (χ0) is 17.8. The molecule has 0 fully saturated rings. The second-order valence-electron chi connectivity index (χ2n) is 5.69. The van der Waals surface area contributed by atoms with Gasteiger partial charge < -0.3 is 10.4 Å². The van der Waals surface area contributed by atoms with Crippen LogP contribution in [-0.4, -0.2) is 20.8 Å². The Balaban J connectivity index is 1.72. The summed E-state index contributed by atoms with van der Waals surface area (Å²) in [5, 5.41) is 17.0. The summed E-state index contributed by atoms with van der Waals surface area (Å²) < 4.78 is 15.3. The van der Waals surface area contributed by atoms with Crippen molar-refractivity contribution in [2.75, 3.05) is 5.32 Å². The van der Waals surface area contributed by atoms with Gasteiger partial charge in [-0.25, -0.2) is 9.07 Å². The monoisotopic (exact) mass is 339 g/mol. The Bertz CT molecular complexity index is 877. The van der Waals surface area contributed by atoms with E-state index in [4.69, 9.17) is 0 Å². The summed E-state index contributed by atoms with van der Waals surface area (Å²) in [5.74, 6) is -0.737. The summed E-state index contributed by atoms with van der Waals surface area (Å²) >= 11 is 0. The van der Waals surface area contributed by atoms with Crippen LogP contribution >= 0.6 is 0 Å². The van der Waals surface area contributed by atoms with Gasteiger partial charge in [0, 0.05) is 0 Å². The molecule has 0 radical (unpaired) electrons. The van der Waals surface area contributed by atoms with E-state index in [1.807, 2.05) is 6.07 Å². The van der Waals surface area contributed by atoms with Gasteiger partial charge in [0.05, 0.1) is 30.1 Å². The lowest BCUT2D eigenvalue weighted by atomic mass is 10.1. The van der Waals surface area contributed by atoms with Gasteiger partial charge in [-0.15, -0.1) is 0 Å². The average molecular weight is 339 g/mol. The molecule has 25 heavy (non-hydrogen) atoms. The number of anilines is 1. The van der Waals surface area contributed by atoms with Gasteiger partial charge in [-0.3, -0.25) is 4.79 Å². The van der Waals surface area contributed by atoms with E-state index < -0.39 is 11.9 Å². The predicted molar refractivity (Wildman–Crippen MR) is 92.9 cm³/mol. The second kappa shape index (κ2) is 7.27. The molecule has 6 heteroatoms. The lowest BCUT2D eigenvalue weighted by molar-refractivity contribution is -0.118. The van der Waals surface area contributed by atoms with Crippen LogP contribution in [0.3, 0.4) is 0 Å². The van der Waals surface area contributed by atoms with Crippen LogP contribution in [-0.2, 0) is 4.79 Å². The summed E-state index contributed by atoms with van der Waals surface area (Å²) in [7, 11) is 0. The summed E-state index contributed by atoms with van der Waals surface area (Å²) in [6.45, 7) is 1.74. The Hall–Kier alpha value is -2.99. The van der Waals surface area contributed by atoms with E-state index in [9.17, 15) is 14.3 Å². The number of rotatable bonds is 5. The Morgan fingerprint density at radius 1 is 1.20 bits per heavy atom. The van der Waals surface area contributed by atoms with E-state index in [0.717, 1.165) is 0 Å². The number of benzene rings is 2. The molecule has 0 spiro atoms. The van der Waals surface area contributed by atoms with Crippen molar-refractivity contribution in [1.29, 1.82) is 0 Å². The quantitative estimate of drug-likeness (QED) is 0.749. The van der Waals surface area contributed by atoms with Crippen molar-refractivity contribution in [3.05, 3.63) is 77.9 Å². The SMILES string of the molecule is Cc1c(NC(=O)CC(O)c2ccccc2)cnn1-c1ccccc1F. The average Bonchev–Trinajstić information content (AvgIpc) is 2.96. The fraction of sp³-hybridized carbons (Fsp3) is 0.158. The van der Waals surface area contributed by atoms with Gasteiger partial charge in [-0.2, -0.15) is 5.10 Å². The number of nitrogens with one attached hydrogen (secondary N) is 1. The minimum Gasteiger partial charge on any atom is -0.388 e. The molecule has 3 rings (SSSR count). The van der Waals surface area contributed by atoms with Gasteiger partial charge in [0.1, 0.15) is 11.5 Å². The first-order chi connectivity index (χ1) is 12.1. The molecule has 128 valence electrons.